The summed E-state index contributed by atoms with van der Waals surface area (Å²) in [5, 5.41) is 0. The van der Waals surface area contributed by atoms with Crippen LogP contribution in [0.25, 0.3) is 0 Å². The maximum absolute atomic E-state index is 12.5. The third-order valence-electron chi connectivity index (χ3n) is 2.82. The molecule has 0 radical (unpaired) electrons. The number of terminal acetylenes is 3. The van der Waals surface area contributed by atoms with Crippen molar-refractivity contribution in [3.63, 3.8) is 0 Å². The predicted molar refractivity (Wildman–Crippen MR) is 93.0 cm³/mol. The number of esters is 3. The van der Waals surface area contributed by atoms with Gasteiger partial charge in [-0.25, -0.2) is 4.79 Å². The first-order chi connectivity index (χ1) is 12.7. The Morgan fingerprint density at radius 3 is 1.67 bits per heavy atom. The molecular weight excluding hydrogens is 379 g/mol. The summed E-state index contributed by atoms with van der Waals surface area (Å²) < 4.78 is 36.4. The molecule has 0 saturated heterocycles. The zero-order valence-corrected chi connectivity index (χ0v) is 15.8. The van der Waals surface area contributed by atoms with Gasteiger partial charge < -0.3 is 18.7 Å². The van der Waals surface area contributed by atoms with Crippen LogP contribution in [0.3, 0.4) is 0 Å². The van der Waals surface area contributed by atoms with E-state index in [1.54, 1.807) is 0 Å². The quantitative estimate of drug-likeness (QED) is 0.213. The van der Waals surface area contributed by atoms with Crippen molar-refractivity contribution in [1.82, 2.24) is 0 Å². The predicted octanol–water partition coefficient (Wildman–Crippen LogP) is 0.520. The summed E-state index contributed by atoms with van der Waals surface area (Å²) in [6.45, 7) is -0.270. The molecule has 0 aromatic carbocycles. The molecule has 0 aliphatic rings. The topological polar surface area (TPSA) is 114 Å². The van der Waals surface area contributed by atoms with E-state index in [1.165, 1.54) is 0 Å². The lowest BCUT2D eigenvalue weighted by atomic mass is 9.95. The molecule has 0 aromatic heterocycles. The van der Waals surface area contributed by atoms with Gasteiger partial charge in [-0.1, -0.05) is 17.8 Å². The molecule has 0 aliphatic carbocycles. The normalized spacial score (nSPS) is 12.4. The second-order valence-electron chi connectivity index (χ2n) is 4.90. The molecule has 1 atom stereocenters. The maximum Gasteiger partial charge on any atom is 0.341 e. The summed E-state index contributed by atoms with van der Waals surface area (Å²) in [5.74, 6) is 2.87. The maximum atomic E-state index is 12.5. The minimum absolute atomic E-state index is 0.399. The van der Waals surface area contributed by atoms with Gasteiger partial charge in [-0.3, -0.25) is 18.7 Å². The van der Waals surface area contributed by atoms with Crippen molar-refractivity contribution in [2.45, 2.75) is 18.4 Å². The molecule has 0 aliphatic heterocycles. The number of rotatable bonds is 11. The van der Waals surface area contributed by atoms with Crippen LogP contribution in [-0.4, -0.2) is 57.1 Å². The van der Waals surface area contributed by atoms with Crippen LogP contribution in [0.5, 0.6) is 0 Å². The van der Waals surface area contributed by atoms with E-state index in [2.05, 4.69) is 16.4 Å². The van der Waals surface area contributed by atoms with Gasteiger partial charge in [-0.2, -0.15) is 0 Å². The third-order valence-corrected chi connectivity index (χ3v) is 4.17. The van der Waals surface area contributed by atoms with Crippen molar-refractivity contribution in [2.24, 2.45) is 0 Å². The molecule has 0 rings (SSSR count). The average Bonchev–Trinajstić information content (AvgIpc) is 2.62. The van der Waals surface area contributed by atoms with Crippen LogP contribution in [0.4, 0.5) is 0 Å². The highest BCUT2D eigenvalue weighted by atomic mass is 31.2. The van der Waals surface area contributed by atoms with Crippen LogP contribution in [-0.2, 0) is 42.2 Å². The molecule has 27 heavy (non-hydrogen) atoms. The Labute approximate surface area is 157 Å². The number of carbonyl (C=O) groups excluding carboxylic acids is 3. The molecule has 146 valence electrons. The van der Waals surface area contributed by atoms with Crippen LogP contribution in [0.1, 0.15) is 12.8 Å². The molecule has 0 bridgehead atoms. The summed E-state index contributed by atoms with van der Waals surface area (Å²) >= 11 is 0. The first kappa shape index (κ1) is 24.2. The number of hydrogen-bond donors (Lipinski definition) is 0. The second kappa shape index (κ2) is 11.8. The van der Waals surface area contributed by atoms with E-state index in [1.807, 2.05) is 5.92 Å². The lowest BCUT2D eigenvalue weighted by Gasteiger charge is -2.31. The second-order valence-corrected chi connectivity index (χ2v) is 6.99. The number of carbonyl (C=O) groups is 3. The average molecular weight is 398 g/mol. The van der Waals surface area contributed by atoms with Crippen molar-refractivity contribution in [3.8, 4) is 37.0 Å². The van der Waals surface area contributed by atoms with Gasteiger partial charge in [-0.15, -0.1) is 19.3 Å². The summed E-state index contributed by atoms with van der Waals surface area (Å²) in [6.07, 6.45) is 13.3. The summed E-state index contributed by atoms with van der Waals surface area (Å²) in [5.41, 5.74) is -2.39. The van der Waals surface area contributed by atoms with E-state index < -0.39 is 63.8 Å². The van der Waals surface area contributed by atoms with E-state index in [9.17, 15) is 18.9 Å². The fraction of sp³-hybridized carbons (Fsp3) is 0.471. The Kier molecular flexibility index (Phi) is 10.6. The zero-order chi connectivity index (χ0) is 20.9. The van der Waals surface area contributed by atoms with Crippen molar-refractivity contribution >= 4 is 25.5 Å². The van der Waals surface area contributed by atoms with E-state index in [4.69, 9.17) is 38.0 Å². The molecule has 10 heteroatoms. The monoisotopic (exact) mass is 398 g/mol. The minimum Gasteiger partial charge on any atom is -0.452 e. The van der Waals surface area contributed by atoms with E-state index in [0.29, 0.717) is 0 Å². The Bertz CT molecular complexity index is 688. The van der Waals surface area contributed by atoms with Crippen molar-refractivity contribution < 1.29 is 42.2 Å². The lowest BCUT2D eigenvalue weighted by molar-refractivity contribution is -0.173. The van der Waals surface area contributed by atoms with E-state index in [0.717, 1.165) is 13.8 Å². The van der Waals surface area contributed by atoms with Gasteiger partial charge in [0.2, 0.25) is 0 Å². The van der Waals surface area contributed by atoms with Gasteiger partial charge in [0.05, 0.1) is 12.8 Å². The molecule has 9 nitrogen and oxygen atoms in total. The smallest absolute Gasteiger partial charge is 0.341 e. The lowest BCUT2D eigenvalue weighted by Crippen LogP contribution is -2.46. The Hall–Kier alpha value is -2.76. The largest absolute Gasteiger partial charge is 0.452 e. The van der Waals surface area contributed by atoms with Crippen molar-refractivity contribution in [2.75, 3.05) is 33.6 Å². The first-order valence-electron chi connectivity index (χ1n) is 7.29. The molecule has 0 N–H and O–H groups in total. The van der Waals surface area contributed by atoms with Crippen LogP contribution < -0.4 is 0 Å². The SMILES string of the molecule is C#CCOC(=O)CC(CC(=O)OCC#C)(OP(C)(=O)OC)C(=O)OCC#C. The van der Waals surface area contributed by atoms with Gasteiger partial charge >= 0.3 is 25.5 Å². The van der Waals surface area contributed by atoms with Gasteiger partial charge in [0.15, 0.2) is 25.4 Å². The summed E-state index contributed by atoms with van der Waals surface area (Å²) in [7, 11) is -2.85. The Morgan fingerprint density at radius 1 is 0.889 bits per heavy atom. The Balaban J connectivity index is 5.90. The molecular formula is C17H19O9P. The number of hydrogen-bond acceptors (Lipinski definition) is 9. The molecule has 0 aromatic rings. The third kappa shape index (κ3) is 8.94. The highest BCUT2D eigenvalue weighted by Crippen LogP contribution is 2.49. The fourth-order valence-electron chi connectivity index (χ4n) is 1.71. The van der Waals surface area contributed by atoms with Gasteiger partial charge in [-0.05, 0) is 0 Å². The molecule has 0 fully saturated rings. The Morgan fingerprint density at radius 2 is 1.30 bits per heavy atom. The van der Waals surface area contributed by atoms with Crippen LogP contribution in [0.15, 0.2) is 0 Å². The van der Waals surface area contributed by atoms with Gasteiger partial charge in [0.1, 0.15) is 0 Å². The molecule has 0 amide bonds. The summed E-state index contributed by atoms with van der Waals surface area (Å²) in [6, 6.07) is 0. The van der Waals surface area contributed by atoms with Crippen molar-refractivity contribution in [1.29, 1.82) is 0 Å². The van der Waals surface area contributed by atoms with Crippen LogP contribution in [0, 0.1) is 37.0 Å². The van der Waals surface area contributed by atoms with Gasteiger partial charge in [0, 0.05) is 13.8 Å². The van der Waals surface area contributed by atoms with E-state index in [-0.39, 0.29) is 0 Å². The fourth-order valence-corrected chi connectivity index (χ4v) is 2.63. The molecule has 1 unspecified atom stereocenters. The molecule has 0 saturated carbocycles. The molecule has 0 heterocycles. The zero-order valence-electron chi connectivity index (χ0n) is 14.9. The molecule has 0 spiro atoms. The number of ether oxygens (including phenoxy) is 3. The highest BCUT2D eigenvalue weighted by molar-refractivity contribution is 7.53. The highest BCUT2D eigenvalue weighted by Gasteiger charge is 2.50. The van der Waals surface area contributed by atoms with Crippen molar-refractivity contribution in [3.05, 3.63) is 0 Å². The first-order valence-corrected chi connectivity index (χ1v) is 9.28. The minimum atomic E-state index is -3.89. The van der Waals surface area contributed by atoms with Gasteiger partial charge in [0.25, 0.3) is 0 Å². The van der Waals surface area contributed by atoms with Crippen LogP contribution in [0.2, 0.25) is 0 Å². The standard InChI is InChI=1S/C17H19O9P/c1-6-9-23-14(18)12-17(16(20)25-11-8-3,26-27(5,21)22-4)13-15(19)24-10-7-2/h1-3H,9-13H2,4-5H3. The van der Waals surface area contributed by atoms with E-state index >= 15 is 0 Å². The van der Waals surface area contributed by atoms with Crippen LogP contribution >= 0.6 is 7.60 Å². The summed E-state index contributed by atoms with van der Waals surface area (Å²) in [4.78, 5) is 36.5.